The van der Waals surface area contributed by atoms with Crippen LogP contribution in [0.25, 0.3) is 11.2 Å². The number of aromatic amines is 3. The van der Waals surface area contributed by atoms with Crippen LogP contribution < -0.4 is 16.0 Å². The Hall–Kier alpha value is -2.68. The van der Waals surface area contributed by atoms with Gasteiger partial charge in [0.1, 0.15) is 5.82 Å². The second kappa shape index (κ2) is 5.75. The van der Waals surface area contributed by atoms with E-state index in [1.807, 2.05) is 0 Å². The van der Waals surface area contributed by atoms with E-state index < -0.39 is 0 Å². The van der Waals surface area contributed by atoms with Crippen LogP contribution in [-0.4, -0.2) is 31.6 Å². The van der Waals surface area contributed by atoms with Gasteiger partial charge in [-0.15, -0.1) is 0 Å². The summed E-state index contributed by atoms with van der Waals surface area (Å²) in [6.45, 7) is 0. The zero-order chi connectivity index (χ0) is 14.7. The van der Waals surface area contributed by atoms with E-state index in [2.05, 4.69) is 30.2 Å². The molecule has 0 spiro atoms. The number of aromatic nitrogens is 5. The van der Waals surface area contributed by atoms with Crippen molar-refractivity contribution in [2.45, 2.75) is 5.03 Å². The number of thioether (sulfide) groups is 1. The largest absolute Gasteiger partial charge is 0.496 e. The Morgan fingerprint density at radius 1 is 1.38 bits per heavy atom. The topological polar surface area (TPSA) is 118 Å². The van der Waals surface area contributed by atoms with Crippen LogP contribution >= 0.6 is 11.8 Å². The van der Waals surface area contributed by atoms with Crippen molar-refractivity contribution in [1.29, 1.82) is 0 Å². The Morgan fingerprint density at radius 3 is 3.10 bits per heavy atom. The van der Waals surface area contributed by atoms with E-state index in [1.165, 1.54) is 18.1 Å². The normalized spacial score (nSPS) is 10.7. The Bertz CT molecular complexity index is 828. The van der Waals surface area contributed by atoms with Gasteiger partial charge in [0.15, 0.2) is 10.5 Å². The highest BCUT2D eigenvalue weighted by Crippen LogP contribution is 2.18. The molecule has 1 amide bonds. The Morgan fingerprint density at radius 2 is 2.29 bits per heavy atom. The maximum absolute atomic E-state index is 11.8. The number of nitrogens with one attached hydrogen (secondary N) is 4. The molecule has 21 heavy (non-hydrogen) atoms. The molecule has 8 nitrogen and oxygen atoms in total. The second-order valence-corrected chi connectivity index (χ2v) is 5.07. The number of imidazole rings is 1. The van der Waals surface area contributed by atoms with Gasteiger partial charge in [0.25, 0.3) is 5.65 Å². The SMILES string of the molecule is O=C(CSc1[nH+]c(=O)[nH]c2nc[nH]c12)Nc1ccccn1. The summed E-state index contributed by atoms with van der Waals surface area (Å²) in [7, 11) is 0. The summed E-state index contributed by atoms with van der Waals surface area (Å²) in [5.74, 6) is 0.426. The Kier molecular flexibility index (Phi) is 3.65. The zero-order valence-corrected chi connectivity index (χ0v) is 11.5. The number of anilines is 1. The zero-order valence-electron chi connectivity index (χ0n) is 10.7. The lowest BCUT2D eigenvalue weighted by molar-refractivity contribution is -0.446. The highest BCUT2D eigenvalue weighted by atomic mass is 32.2. The van der Waals surface area contributed by atoms with Crippen molar-refractivity contribution >= 4 is 34.7 Å². The van der Waals surface area contributed by atoms with Crippen LogP contribution in [0.3, 0.4) is 0 Å². The highest BCUT2D eigenvalue weighted by molar-refractivity contribution is 8.00. The second-order valence-electron chi connectivity index (χ2n) is 4.09. The molecule has 9 heteroatoms. The van der Waals surface area contributed by atoms with Gasteiger partial charge in [0.05, 0.1) is 12.1 Å². The van der Waals surface area contributed by atoms with Crippen LogP contribution in [0.5, 0.6) is 0 Å². The molecule has 0 aliphatic heterocycles. The van der Waals surface area contributed by atoms with Gasteiger partial charge in [-0.25, -0.2) is 4.98 Å². The number of amides is 1. The molecule has 4 N–H and O–H groups in total. The molecule has 3 rings (SSSR count). The van der Waals surface area contributed by atoms with Gasteiger partial charge in [-0.3, -0.25) is 4.79 Å². The summed E-state index contributed by atoms with van der Waals surface area (Å²) in [4.78, 5) is 39.4. The van der Waals surface area contributed by atoms with Gasteiger partial charge in [0.2, 0.25) is 5.91 Å². The third-order valence-corrected chi connectivity index (χ3v) is 3.61. The molecule has 0 saturated carbocycles. The maximum Gasteiger partial charge on any atom is 0.496 e. The van der Waals surface area contributed by atoms with Crippen LogP contribution in [0.15, 0.2) is 40.5 Å². The van der Waals surface area contributed by atoms with Gasteiger partial charge < -0.3 is 10.3 Å². The molecule has 0 bridgehead atoms. The third-order valence-electron chi connectivity index (χ3n) is 2.61. The summed E-state index contributed by atoms with van der Waals surface area (Å²) >= 11 is 1.21. The lowest BCUT2D eigenvalue weighted by Crippen LogP contribution is -2.31. The van der Waals surface area contributed by atoms with Crippen molar-refractivity contribution in [1.82, 2.24) is 19.9 Å². The number of hydrogen-bond acceptors (Lipinski definition) is 5. The predicted octanol–water partition coefficient (Wildman–Crippen LogP) is 0.191. The molecule has 3 aromatic heterocycles. The first-order chi connectivity index (χ1) is 10.2. The van der Waals surface area contributed by atoms with Crippen molar-refractivity contribution < 1.29 is 9.78 Å². The smallest absolute Gasteiger partial charge is 0.337 e. The Labute approximate surface area is 122 Å². The standard InChI is InChI=1S/C12H10N6O2S/c19-8(16-7-3-1-2-4-13-7)5-21-11-9-10(15-6-14-9)17-12(20)18-11/h1-4,6H,5H2,(H,13,16,19)(H2,14,15,17,18,20)/p+1. The van der Waals surface area contributed by atoms with Crippen molar-refractivity contribution in [3.05, 3.63) is 41.2 Å². The molecule has 0 fully saturated rings. The van der Waals surface area contributed by atoms with Crippen LogP contribution in [0, 0.1) is 0 Å². The van der Waals surface area contributed by atoms with E-state index in [-0.39, 0.29) is 17.3 Å². The van der Waals surface area contributed by atoms with E-state index >= 15 is 0 Å². The van der Waals surface area contributed by atoms with Gasteiger partial charge >= 0.3 is 5.69 Å². The lowest BCUT2D eigenvalue weighted by Gasteiger charge is -2.02. The van der Waals surface area contributed by atoms with E-state index in [9.17, 15) is 9.59 Å². The van der Waals surface area contributed by atoms with Crippen molar-refractivity contribution in [3.8, 4) is 0 Å². The third kappa shape index (κ3) is 3.08. The summed E-state index contributed by atoms with van der Waals surface area (Å²) in [6, 6.07) is 5.26. The summed E-state index contributed by atoms with van der Waals surface area (Å²) in [5.41, 5.74) is 0.735. The quantitative estimate of drug-likeness (QED) is 0.470. The first kappa shape index (κ1) is 13.3. The summed E-state index contributed by atoms with van der Waals surface area (Å²) in [6.07, 6.45) is 3.08. The van der Waals surface area contributed by atoms with Crippen LogP contribution in [0.1, 0.15) is 0 Å². The number of nitrogens with zero attached hydrogens (tertiary/aromatic N) is 2. The van der Waals surface area contributed by atoms with Gasteiger partial charge in [-0.2, -0.15) is 19.7 Å². The van der Waals surface area contributed by atoms with Crippen LogP contribution in [0.2, 0.25) is 0 Å². The maximum atomic E-state index is 11.8. The van der Waals surface area contributed by atoms with Gasteiger partial charge in [-0.05, 0) is 12.1 Å². The fourth-order valence-corrected chi connectivity index (χ4v) is 2.54. The molecule has 0 aromatic carbocycles. The number of fused-ring (bicyclic) bond motifs is 1. The summed E-state index contributed by atoms with van der Waals surface area (Å²) < 4.78 is 0. The van der Waals surface area contributed by atoms with E-state index in [0.717, 1.165) is 0 Å². The lowest BCUT2D eigenvalue weighted by atomic mass is 10.4. The molecular formula is C12H11N6O2S+. The number of carbonyl (C=O) groups excluding carboxylic acids is 1. The number of pyridine rings is 1. The average molecular weight is 303 g/mol. The number of rotatable bonds is 4. The van der Waals surface area contributed by atoms with E-state index in [1.54, 1.807) is 24.4 Å². The number of carbonyl (C=O) groups is 1. The molecule has 3 aromatic rings. The van der Waals surface area contributed by atoms with Crippen molar-refractivity contribution in [2.75, 3.05) is 11.1 Å². The molecule has 0 radical (unpaired) electrons. The van der Waals surface area contributed by atoms with Gasteiger partial charge in [0, 0.05) is 6.20 Å². The number of hydrogen-bond donors (Lipinski definition) is 3. The fourth-order valence-electron chi connectivity index (χ4n) is 1.73. The summed E-state index contributed by atoms with van der Waals surface area (Å²) in [5, 5.41) is 3.23. The van der Waals surface area contributed by atoms with E-state index in [0.29, 0.717) is 22.0 Å². The van der Waals surface area contributed by atoms with Gasteiger partial charge in [-0.1, -0.05) is 17.8 Å². The van der Waals surface area contributed by atoms with Crippen LogP contribution in [-0.2, 0) is 4.79 Å². The molecule has 0 unspecified atom stereocenters. The first-order valence-corrected chi connectivity index (χ1v) is 7.03. The van der Waals surface area contributed by atoms with Crippen molar-refractivity contribution in [2.24, 2.45) is 0 Å². The molecule has 0 saturated heterocycles. The fraction of sp³-hybridized carbons (Fsp3) is 0.0833. The Balaban J connectivity index is 1.70. The predicted molar refractivity (Wildman–Crippen MR) is 76.9 cm³/mol. The molecular weight excluding hydrogens is 292 g/mol. The monoisotopic (exact) mass is 303 g/mol. The number of H-pyrrole nitrogens is 3. The minimum Gasteiger partial charge on any atom is -0.337 e. The molecule has 0 atom stereocenters. The minimum absolute atomic E-state index is 0.143. The van der Waals surface area contributed by atoms with Crippen molar-refractivity contribution in [3.63, 3.8) is 0 Å². The molecule has 0 aliphatic rings. The van der Waals surface area contributed by atoms with Crippen LogP contribution in [0.4, 0.5) is 5.82 Å². The first-order valence-electron chi connectivity index (χ1n) is 6.05. The highest BCUT2D eigenvalue weighted by Gasteiger charge is 2.14. The average Bonchev–Trinajstić information content (AvgIpc) is 2.94. The minimum atomic E-state index is -0.373. The molecule has 0 aliphatic carbocycles. The van der Waals surface area contributed by atoms with E-state index in [4.69, 9.17) is 0 Å². The molecule has 106 valence electrons. The molecule has 3 heterocycles.